The van der Waals surface area contributed by atoms with Crippen molar-refractivity contribution in [2.45, 2.75) is 62.9 Å². The number of pyridine rings is 1. The van der Waals surface area contributed by atoms with Gasteiger partial charge >= 0.3 is 0 Å². The summed E-state index contributed by atoms with van der Waals surface area (Å²) in [4.78, 5) is 20.0. The quantitative estimate of drug-likeness (QED) is 0.148. The van der Waals surface area contributed by atoms with Crippen molar-refractivity contribution in [2.24, 2.45) is 5.92 Å². The fourth-order valence-corrected chi connectivity index (χ4v) is 6.90. The maximum Gasteiger partial charge on any atom is 0.224 e. The summed E-state index contributed by atoms with van der Waals surface area (Å²) in [5, 5.41) is 39.6. The van der Waals surface area contributed by atoms with Crippen LogP contribution in [0.1, 0.15) is 31.7 Å². The number of aryl methyl sites for hydroxylation is 2. The smallest absolute Gasteiger partial charge is 0.224 e. The molecule has 1 aliphatic carbocycles. The molecule has 39 heavy (non-hydrogen) atoms. The van der Waals surface area contributed by atoms with Gasteiger partial charge in [0, 0.05) is 29.3 Å². The SMILES string of the molecule is Cc1nc(NCCSc2ccccc2)nc(N[C@@H]2C[C@H](C(C)(C)O)[C@@H](O)[C@H]2O)c1-c1nc2c(C)nccc2s1. The zero-order chi connectivity index (χ0) is 27.7. The van der Waals surface area contributed by atoms with Gasteiger partial charge in [-0.3, -0.25) is 4.98 Å². The highest BCUT2D eigenvalue weighted by Crippen LogP contribution is 2.40. The monoisotopic (exact) mass is 566 g/mol. The second-order valence-electron chi connectivity index (χ2n) is 10.4. The molecular formula is C28H34N6O3S2. The number of aliphatic hydroxyl groups excluding tert-OH is 2. The highest BCUT2D eigenvalue weighted by molar-refractivity contribution is 7.99. The average molecular weight is 567 g/mol. The summed E-state index contributed by atoms with van der Waals surface area (Å²) in [6.45, 7) is 7.83. The van der Waals surface area contributed by atoms with E-state index < -0.39 is 29.8 Å². The van der Waals surface area contributed by atoms with E-state index in [-0.39, 0.29) is 0 Å². The van der Waals surface area contributed by atoms with Crippen molar-refractivity contribution in [3.8, 4) is 10.6 Å². The van der Waals surface area contributed by atoms with E-state index in [2.05, 4.69) is 27.8 Å². The highest BCUT2D eigenvalue weighted by atomic mass is 32.2. The summed E-state index contributed by atoms with van der Waals surface area (Å²) >= 11 is 3.28. The van der Waals surface area contributed by atoms with Gasteiger partial charge < -0.3 is 26.0 Å². The molecule has 0 bridgehead atoms. The first-order valence-corrected chi connectivity index (χ1v) is 14.8. The largest absolute Gasteiger partial charge is 0.390 e. The number of anilines is 2. The van der Waals surface area contributed by atoms with Crippen LogP contribution in [0, 0.1) is 19.8 Å². The second-order valence-corrected chi connectivity index (χ2v) is 12.6. The summed E-state index contributed by atoms with van der Waals surface area (Å²) in [6, 6.07) is 11.6. The van der Waals surface area contributed by atoms with Crippen LogP contribution in [0.4, 0.5) is 11.8 Å². The van der Waals surface area contributed by atoms with E-state index in [1.165, 1.54) is 16.2 Å². The Hall–Kier alpha value is -2.83. The summed E-state index contributed by atoms with van der Waals surface area (Å²) in [7, 11) is 0. The molecule has 0 spiro atoms. The van der Waals surface area contributed by atoms with Crippen LogP contribution in [0.2, 0.25) is 0 Å². The van der Waals surface area contributed by atoms with E-state index in [1.807, 2.05) is 38.1 Å². The maximum absolute atomic E-state index is 10.9. The van der Waals surface area contributed by atoms with Crippen molar-refractivity contribution in [3.63, 3.8) is 0 Å². The van der Waals surface area contributed by atoms with Crippen molar-refractivity contribution in [1.82, 2.24) is 19.9 Å². The van der Waals surface area contributed by atoms with E-state index >= 15 is 0 Å². The van der Waals surface area contributed by atoms with Crippen molar-refractivity contribution in [3.05, 3.63) is 54.0 Å². The number of aromatic nitrogens is 4. The molecule has 5 N–H and O–H groups in total. The highest BCUT2D eigenvalue weighted by Gasteiger charge is 2.48. The molecule has 0 unspecified atom stereocenters. The van der Waals surface area contributed by atoms with Crippen LogP contribution < -0.4 is 10.6 Å². The lowest BCUT2D eigenvalue weighted by molar-refractivity contribution is -0.0601. The summed E-state index contributed by atoms with van der Waals surface area (Å²) in [5.74, 6) is 1.35. The van der Waals surface area contributed by atoms with Crippen LogP contribution in [0.3, 0.4) is 0 Å². The molecule has 0 aliphatic heterocycles. The van der Waals surface area contributed by atoms with Gasteiger partial charge in [-0.05, 0) is 52.3 Å². The first-order valence-electron chi connectivity index (χ1n) is 13.0. The van der Waals surface area contributed by atoms with Gasteiger partial charge in [-0.1, -0.05) is 18.2 Å². The van der Waals surface area contributed by atoms with Gasteiger partial charge in [0.2, 0.25) is 5.95 Å². The van der Waals surface area contributed by atoms with E-state index in [4.69, 9.17) is 15.0 Å². The zero-order valence-corrected chi connectivity index (χ0v) is 24.1. The van der Waals surface area contributed by atoms with Crippen molar-refractivity contribution < 1.29 is 15.3 Å². The first kappa shape index (κ1) is 27.7. The molecule has 1 aliphatic rings. The number of rotatable bonds is 9. The Labute approximate surface area is 236 Å². The first-order chi connectivity index (χ1) is 18.6. The molecule has 1 saturated carbocycles. The second kappa shape index (κ2) is 11.3. The Bertz CT molecular complexity index is 1440. The number of nitrogens with zero attached hydrogens (tertiary/aromatic N) is 4. The molecule has 1 aromatic carbocycles. The Kier molecular flexibility index (Phi) is 8.06. The number of hydrogen-bond donors (Lipinski definition) is 5. The van der Waals surface area contributed by atoms with Crippen LogP contribution in [-0.2, 0) is 0 Å². The van der Waals surface area contributed by atoms with Gasteiger partial charge in [-0.15, -0.1) is 23.1 Å². The van der Waals surface area contributed by atoms with Gasteiger partial charge in [0.15, 0.2) is 0 Å². The van der Waals surface area contributed by atoms with Crippen LogP contribution in [-0.4, -0.2) is 71.4 Å². The molecular weight excluding hydrogens is 532 g/mol. The molecule has 206 valence electrons. The summed E-state index contributed by atoms with van der Waals surface area (Å²) in [6.07, 6.45) is 0.0336. The van der Waals surface area contributed by atoms with Crippen LogP contribution in [0.25, 0.3) is 20.8 Å². The Balaban J connectivity index is 1.44. The van der Waals surface area contributed by atoms with Crippen LogP contribution >= 0.6 is 23.1 Å². The number of nitrogens with one attached hydrogen (secondary N) is 2. The number of benzene rings is 1. The molecule has 0 saturated heterocycles. The molecule has 4 atom stereocenters. The fourth-order valence-electron chi connectivity index (χ4n) is 5.00. The van der Waals surface area contributed by atoms with Gasteiger partial charge in [-0.25, -0.2) is 9.97 Å². The van der Waals surface area contributed by atoms with Gasteiger partial charge in [0.25, 0.3) is 0 Å². The maximum atomic E-state index is 10.9. The third-order valence-corrected chi connectivity index (χ3v) is 9.15. The average Bonchev–Trinajstić information content (AvgIpc) is 3.44. The van der Waals surface area contributed by atoms with E-state index in [0.717, 1.165) is 37.9 Å². The fraction of sp³-hybridized carbons (Fsp3) is 0.429. The minimum atomic E-state index is -1.14. The lowest BCUT2D eigenvalue weighted by Crippen LogP contribution is -2.40. The Morgan fingerprint density at radius 3 is 2.49 bits per heavy atom. The number of fused-ring (bicyclic) bond motifs is 1. The molecule has 0 amide bonds. The van der Waals surface area contributed by atoms with Gasteiger partial charge in [-0.2, -0.15) is 4.98 Å². The zero-order valence-electron chi connectivity index (χ0n) is 22.4. The number of thioether (sulfide) groups is 1. The lowest BCUT2D eigenvalue weighted by Gasteiger charge is -2.28. The van der Waals surface area contributed by atoms with Gasteiger partial charge in [0.05, 0.1) is 39.4 Å². The Morgan fingerprint density at radius 2 is 1.79 bits per heavy atom. The Morgan fingerprint density at radius 1 is 1.03 bits per heavy atom. The predicted molar refractivity (Wildman–Crippen MR) is 157 cm³/mol. The number of thiazole rings is 1. The van der Waals surface area contributed by atoms with Crippen molar-refractivity contribution in [1.29, 1.82) is 0 Å². The minimum Gasteiger partial charge on any atom is -0.390 e. The van der Waals surface area contributed by atoms with E-state index in [0.29, 0.717) is 24.7 Å². The molecule has 0 radical (unpaired) electrons. The standard InChI is InChI=1S/C28H34N6O3S2/c1-15-21(26-33-22-16(2)29-11-10-20(22)39-26)25(32-19-14-18(28(3,4)37)23(35)24(19)36)34-27(31-15)30-12-13-38-17-8-6-5-7-9-17/h5-11,18-19,23-24,35-37H,12-14H2,1-4H3,(H2,30,31,32,34)/t18-,19+,23+,24-/m0/s1. The van der Waals surface area contributed by atoms with E-state index in [9.17, 15) is 15.3 Å². The summed E-state index contributed by atoms with van der Waals surface area (Å²) < 4.78 is 1.02. The van der Waals surface area contributed by atoms with Crippen LogP contribution in [0.15, 0.2) is 47.5 Å². The molecule has 9 nitrogen and oxygen atoms in total. The molecule has 3 heterocycles. The molecule has 5 rings (SSSR count). The third kappa shape index (κ3) is 6.02. The third-order valence-electron chi connectivity index (χ3n) is 7.10. The molecule has 11 heteroatoms. The molecule has 1 fully saturated rings. The lowest BCUT2D eigenvalue weighted by atomic mass is 9.88. The van der Waals surface area contributed by atoms with Crippen molar-refractivity contribution in [2.75, 3.05) is 22.9 Å². The van der Waals surface area contributed by atoms with Crippen molar-refractivity contribution >= 4 is 45.1 Å². The summed E-state index contributed by atoms with van der Waals surface area (Å²) in [5.41, 5.74) is 2.03. The molecule has 4 aromatic rings. The normalized spacial score (nSPS) is 21.4. The topological polar surface area (TPSA) is 136 Å². The number of hydrogen-bond acceptors (Lipinski definition) is 11. The van der Waals surface area contributed by atoms with E-state index in [1.54, 1.807) is 31.8 Å². The van der Waals surface area contributed by atoms with Gasteiger partial charge in [0.1, 0.15) is 22.4 Å². The number of aliphatic hydroxyl groups is 3. The predicted octanol–water partition coefficient (Wildman–Crippen LogP) is 4.26. The van der Waals surface area contributed by atoms with Crippen LogP contribution in [0.5, 0.6) is 0 Å². The molecule has 3 aromatic heterocycles. The minimum absolute atomic E-state index is 0.383.